The molecule has 0 aliphatic carbocycles. The van der Waals surface area contributed by atoms with Gasteiger partial charge in [0.2, 0.25) is 11.8 Å². The first kappa shape index (κ1) is 27.2. The van der Waals surface area contributed by atoms with Crippen molar-refractivity contribution in [3.8, 4) is 5.69 Å². The van der Waals surface area contributed by atoms with Gasteiger partial charge in [-0.1, -0.05) is 50.6 Å². The highest BCUT2D eigenvalue weighted by Gasteiger charge is 2.39. The van der Waals surface area contributed by atoms with Gasteiger partial charge in [0, 0.05) is 29.7 Å². The Morgan fingerprint density at radius 3 is 2.62 bits per heavy atom. The van der Waals surface area contributed by atoms with Gasteiger partial charge in [0.25, 0.3) is 0 Å². The molecule has 1 aliphatic heterocycles. The van der Waals surface area contributed by atoms with E-state index in [0.717, 1.165) is 16.8 Å². The maximum atomic E-state index is 13.8. The molecule has 0 fully saturated rings. The number of carbonyl (C=O) groups is 2. The molecule has 0 radical (unpaired) electrons. The first-order valence-electron chi connectivity index (χ1n) is 11.9. The summed E-state index contributed by atoms with van der Waals surface area (Å²) in [5, 5.41) is 8.02. The molecule has 0 spiro atoms. The summed E-state index contributed by atoms with van der Waals surface area (Å²) in [6.07, 6.45) is 0. The zero-order valence-electron chi connectivity index (χ0n) is 21.3. The minimum atomic E-state index is -0.396. The van der Waals surface area contributed by atoms with Crippen molar-refractivity contribution in [2.24, 2.45) is 0 Å². The molecule has 37 heavy (non-hydrogen) atoms. The summed E-state index contributed by atoms with van der Waals surface area (Å²) in [5.41, 5.74) is 2.72. The zero-order chi connectivity index (χ0) is 26.7. The molecular formula is C27H30ClFN4O3S. The molecule has 0 bridgehead atoms. The molecule has 4 rings (SSSR count). The minimum Gasteiger partial charge on any atom is -0.383 e. The van der Waals surface area contributed by atoms with Crippen LogP contribution in [0.2, 0.25) is 5.02 Å². The third-order valence-electron chi connectivity index (χ3n) is 5.96. The van der Waals surface area contributed by atoms with Gasteiger partial charge in [0.05, 0.1) is 29.0 Å². The van der Waals surface area contributed by atoms with Gasteiger partial charge in [-0.3, -0.25) is 14.5 Å². The van der Waals surface area contributed by atoms with Gasteiger partial charge in [-0.15, -0.1) is 11.8 Å². The van der Waals surface area contributed by atoms with Crippen molar-refractivity contribution in [1.29, 1.82) is 0 Å². The average Bonchev–Trinajstić information content (AvgIpc) is 3.18. The third kappa shape index (κ3) is 6.00. The molecule has 3 aromatic rings. The molecule has 1 aromatic heterocycles. The molecule has 1 aliphatic rings. The standard InChI is InChI=1S/C27H30ClFN4O3S/c1-27(2,3)25-23-24(17-8-10-19(29)11-9-17)37-16-22(35)32(15-21(34)30-12-13-36-4)26(23)33(31-25)20-7-5-6-18(28)14-20/h5-11,14,24H,12-13,15-16H2,1-4H3,(H,30,34). The van der Waals surface area contributed by atoms with Gasteiger partial charge < -0.3 is 10.1 Å². The van der Waals surface area contributed by atoms with Gasteiger partial charge in [0.15, 0.2) is 0 Å². The lowest BCUT2D eigenvalue weighted by Gasteiger charge is -2.24. The number of fused-ring (bicyclic) bond motifs is 1. The van der Waals surface area contributed by atoms with E-state index in [1.165, 1.54) is 28.8 Å². The number of rotatable bonds is 7. The quantitative estimate of drug-likeness (QED) is 0.428. The number of ether oxygens (including phenoxy) is 1. The predicted molar refractivity (Wildman–Crippen MR) is 145 cm³/mol. The van der Waals surface area contributed by atoms with E-state index < -0.39 is 5.41 Å². The lowest BCUT2D eigenvalue weighted by Crippen LogP contribution is -2.43. The number of nitrogens with one attached hydrogen (secondary N) is 1. The molecule has 196 valence electrons. The van der Waals surface area contributed by atoms with Crippen molar-refractivity contribution in [2.75, 3.05) is 37.5 Å². The molecule has 0 saturated heterocycles. The SMILES string of the molecule is COCCNC(=O)CN1C(=O)CSC(c2ccc(F)cc2)c2c(C(C)(C)C)nn(-c3cccc(Cl)c3)c21. The second-order valence-electron chi connectivity index (χ2n) is 9.79. The van der Waals surface area contributed by atoms with Crippen molar-refractivity contribution in [3.05, 3.63) is 76.2 Å². The van der Waals surface area contributed by atoms with Gasteiger partial charge in [-0.2, -0.15) is 5.10 Å². The Morgan fingerprint density at radius 1 is 1.24 bits per heavy atom. The first-order chi connectivity index (χ1) is 17.6. The number of methoxy groups -OCH3 is 1. The van der Waals surface area contributed by atoms with Gasteiger partial charge in [-0.25, -0.2) is 9.07 Å². The normalized spacial score (nSPS) is 15.9. The highest BCUT2D eigenvalue weighted by Crippen LogP contribution is 2.48. The molecule has 10 heteroatoms. The number of carbonyl (C=O) groups excluding carboxylic acids is 2. The number of hydrogen-bond donors (Lipinski definition) is 1. The Balaban J connectivity index is 1.95. The van der Waals surface area contributed by atoms with Crippen LogP contribution in [0, 0.1) is 5.82 Å². The minimum absolute atomic E-state index is 0.140. The fraction of sp³-hybridized carbons (Fsp3) is 0.370. The molecule has 1 N–H and O–H groups in total. The van der Waals surface area contributed by atoms with Crippen LogP contribution in [0.1, 0.15) is 42.8 Å². The van der Waals surface area contributed by atoms with E-state index in [1.54, 1.807) is 36.1 Å². The second-order valence-corrected chi connectivity index (χ2v) is 11.3. The number of thioether (sulfide) groups is 1. The fourth-order valence-electron chi connectivity index (χ4n) is 4.25. The third-order valence-corrected chi connectivity index (χ3v) is 7.44. The number of halogens is 2. The fourth-order valence-corrected chi connectivity index (χ4v) is 5.64. The monoisotopic (exact) mass is 544 g/mol. The molecule has 7 nitrogen and oxygen atoms in total. The Kier molecular flexibility index (Phi) is 8.26. The molecule has 0 saturated carbocycles. The maximum absolute atomic E-state index is 13.8. The molecule has 2 aromatic carbocycles. The van der Waals surface area contributed by atoms with Crippen LogP contribution in [0.15, 0.2) is 48.5 Å². The van der Waals surface area contributed by atoms with E-state index in [2.05, 4.69) is 26.1 Å². The summed E-state index contributed by atoms with van der Waals surface area (Å²) in [6.45, 7) is 6.68. The number of aromatic nitrogens is 2. The van der Waals surface area contributed by atoms with Crippen molar-refractivity contribution in [1.82, 2.24) is 15.1 Å². The van der Waals surface area contributed by atoms with E-state index in [4.69, 9.17) is 21.4 Å². The van der Waals surface area contributed by atoms with Crippen LogP contribution in [0.4, 0.5) is 10.2 Å². The van der Waals surface area contributed by atoms with E-state index in [1.807, 2.05) is 12.1 Å². The van der Waals surface area contributed by atoms with Crippen LogP contribution < -0.4 is 10.2 Å². The van der Waals surface area contributed by atoms with Crippen molar-refractivity contribution >= 4 is 41.0 Å². The number of hydrogen-bond acceptors (Lipinski definition) is 5. The summed E-state index contributed by atoms with van der Waals surface area (Å²) in [4.78, 5) is 27.9. The first-order valence-corrected chi connectivity index (χ1v) is 13.3. The van der Waals surface area contributed by atoms with E-state index in [9.17, 15) is 14.0 Å². The topological polar surface area (TPSA) is 76.5 Å². The van der Waals surface area contributed by atoms with E-state index in [-0.39, 0.29) is 35.2 Å². The number of nitrogens with zero attached hydrogens (tertiary/aromatic N) is 3. The van der Waals surface area contributed by atoms with Crippen molar-refractivity contribution in [2.45, 2.75) is 31.4 Å². The highest BCUT2D eigenvalue weighted by atomic mass is 35.5. The second kappa shape index (κ2) is 11.2. The van der Waals surface area contributed by atoms with Crippen molar-refractivity contribution in [3.63, 3.8) is 0 Å². The number of amides is 2. The number of anilines is 1. The Labute approximate surface area is 225 Å². The van der Waals surface area contributed by atoms with E-state index in [0.29, 0.717) is 29.7 Å². The van der Waals surface area contributed by atoms with Gasteiger partial charge in [0.1, 0.15) is 18.2 Å². The number of benzene rings is 2. The van der Waals surface area contributed by atoms with Crippen LogP contribution >= 0.6 is 23.4 Å². The largest absolute Gasteiger partial charge is 0.383 e. The van der Waals surface area contributed by atoms with E-state index >= 15 is 0 Å². The Hall–Kier alpha value is -2.88. The molecule has 2 heterocycles. The van der Waals surface area contributed by atoms with Crippen molar-refractivity contribution < 1.29 is 18.7 Å². The Morgan fingerprint density at radius 2 is 1.97 bits per heavy atom. The van der Waals surface area contributed by atoms with Gasteiger partial charge in [-0.05, 0) is 35.9 Å². The average molecular weight is 545 g/mol. The molecule has 1 atom stereocenters. The maximum Gasteiger partial charge on any atom is 0.240 e. The summed E-state index contributed by atoms with van der Waals surface area (Å²) in [7, 11) is 1.56. The van der Waals surface area contributed by atoms with Crippen LogP contribution in [-0.2, 0) is 19.7 Å². The summed E-state index contributed by atoms with van der Waals surface area (Å²) in [5.74, 6) is -0.211. The predicted octanol–water partition coefficient (Wildman–Crippen LogP) is 4.89. The van der Waals surface area contributed by atoms with Crippen LogP contribution in [0.5, 0.6) is 0 Å². The molecule has 1 unspecified atom stereocenters. The van der Waals surface area contributed by atoms with Gasteiger partial charge >= 0.3 is 0 Å². The van der Waals surface area contributed by atoms with Crippen LogP contribution in [0.3, 0.4) is 0 Å². The lowest BCUT2D eigenvalue weighted by atomic mass is 9.87. The summed E-state index contributed by atoms with van der Waals surface area (Å²) < 4.78 is 20.5. The lowest BCUT2D eigenvalue weighted by molar-refractivity contribution is -0.123. The molecular weight excluding hydrogens is 515 g/mol. The zero-order valence-corrected chi connectivity index (χ0v) is 22.8. The summed E-state index contributed by atoms with van der Waals surface area (Å²) >= 11 is 7.77. The van der Waals surface area contributed by atoms with Crippen LogP contribution in [-0.4, -0.2) is 54.2 Å². The molecule has 2 amide bonds. The van der Waals surface area contributed by atoms with Crippen LogP contribution in [0.25, 0.3) is 5.69 Å². The summed E-state index contributed by atoms with van der Waals surface area (Å²) in [6, 6.07) is 13.5. The Bertz CT molecular complexity index is 1290. The smallest absolute Gasteiger partial charge is 0.240 e. The highest BCUT2D eigenvalue weighted by molar-refractivity contribution is 8.00.